The molecule has 2 aromatic carbocycles. The molecule has 0 aliphatic carbocycles. The SMILES string of the molecule is CN(Cc1cc2cccc3c2n(c1=O)CCC3)C(=O)Nc1ccc(Cl)cc1. The van der Waals surface area contributed by atoms with E-state index in [-0.39, 0.29) is 18.1 Å². The summed E-state index contributed by atoms with van der Waals surface area (Å²) in [6.07, 6.45) is 1.96. The second-order valence-corrected chi connectivity index (χ2v) is 7.31. The third kappa shape index (κ3) is 3.43. The molecule has 0 fully saturated rings. The fourth-order valence-electron chi connectivity index (χ4n) is 3.62. The van der Waals surface area contributed by atoms with Gasteiger partial charge in [-0.25, -0.2) is 4.79 Å². The minimum Gasteiger partial charge on any atom is -0.323 e. The van der Waals surface area contributed by atoms with E-state index < -0.39 is 0 Å². The van der Waals surface area contributed by atoms with E-state index in [0.29, 0.717) is 16.3 Å². The Morgan fingerprint density at radius 3 is 2.78 bits per heavy atom. The Bertz CT molecular complexity index is 1070. The third-order valence-electron chi connectivity index (χ3n) is 4.95. The van der Waals surface area contributed by atoms with Crippen LogP contribution in [0.4, 0.5) is 10.5 Å². The van der Waals surface area contributed by atoms with Crippen LogP contribution in [0.25, 0.3) is 10.9 Å². The van der Waals surface area contributed by atoms with Gasteiger partial charge in [0.05, 0.1) is 12.1 Å². The molecule has 1 aliphatic heterocycles. The molecule has 0 saturated heterocycles. The van der Waals surface area contributed by atoms with E-state index >= 15 is 0 Å². The highest BCUT2D eigenvalue weighted by molar-refractivity contribution is 6.30. The summed E-state index contributed by atoms with van der Waals surface area (Å²) < 4.78 is 1.86. The molecule has 0 atom stereocenters. The number of para-hydroxylation sites is 1. The zero-order chi connectivity index (χ0) is 19.0. The topological polar surface area (TPSA) is 54.3 Å². The predicted octanol–water partition coefficient (Wildman–Crippen LogP) is 4.27. The summed E-state index contributed by atoms with van der Waals surface area (Å²) in [6, 6.07) is 14.7. The van der Waals surface area contributed by atoms with Crippen LogP contribution < -0.4 is 10.9 Å². The Balaban J connectivity index is 1.59. The number of urea groups is 1. The second kappa shape index (κ2) is 7.08. The minimum absolute atomic E-state index is 0.0132. The summed E-state index contributed by atoms with van der Waals surface area (Å²) in [4.78, 5) is 26.9. The molecule has 3 aromatic rings. The van der Waals surface area contributed by atoms with Crippen molar-refractivity contribution in [2.24, 2.45) is 0 Å². The van der Waals surface area contributed by atoms with Crippen LogP contribution in [0.5, 0.6) is 0 Å². The number of amides is 2. The maximum Gasteiger partial charge on any atom is 0.321 e. The highest BCUT2D eigenvalue weighted by Crippen LogP contribution is 2.24. The molecular formula is C21H20ClN3O2. The molecule has 0 radical (unpaired) electrons. The molecule has 4 rings (SSSR count). The van der Waals surface area contributed by atoms with Crippen LogP contribution in [0.2, 0.25) is 5.02 Å². The summed E-state index contributed by atoms with van der Waals surface area (Å²) >= 11 is 5.87. The fourth-order valence-corrected chi connectivity index (χ4v) is 3.74. The third-order valence-corrected chi connectivity index (χ3v) is 5.20. The molecule has 0 unspecified atom stereocenters. The summed E-state index contributed by atoms with van der Waals surface area (Å²) in [5.74, 6) is 0. The van der Waals surface area contributed by atoms with Gasteiger partial charge < -0.3 is 14.8 Å². The van der Waals surface area contributed by atoms with Gasteiger partial charge in [0.1, 0.15) is 0 Å². The summed E-state index contributed by atoms with van der Waals surface area (Å²) in [5.41, 5.74) is 3.52. The Hall–Kier alpha value is -2.79. The van der Waals surface area contributed by atoms with Crippen LogP contribution in [0, 0.1) is 0 Å². The van der Waals surface area contributed by atoms with Crippen molar-refractivity contribution in [3.05, 3.63) is 75.0 Å². The number of anilines is 1. The average molecular weight is 382 g/mol. The normalized spacial score (nSPS) is 12.8. The highest BCUT2D eigenvalue weighted by atomic mass is 35.5. The van der Waals surface area contributed by atoms with Crippen molar-refractivity contribution < 1.29 is 4.79 Å². The molecule has 27 heavy (non-hydrogen) atoms. The number of aryl methyl sites for hydroxylation is 2. The van der Waals surface area contributed by atoms with Gasteiger partial charge in [-0.15, -0.1) is 0 Å². The number of nitrogens with zero attached hydrogens (tertiary/aromatic N) is 2. The Labute approximate surface area is 162 Å². The Morgan fingerprint density at radius 2 is 2.00 bits per heavy atom. The van der Waals surface area contributed by atoms with Crippen molar-refractivity contribution in [3.8, 4) is 0 Å². The van der Waals surface area contributed by atoms with Crippen LogP contribution in [-0.2, 0) is 19.5 Å². The van der Waals surface area contributed by atoms with Crippen molar-refractivity contribution in [1.29, 1.82) is 0 Å². The van der Waals surface area contributed by atoms with Crippen LogP contribution in [0.3, 0.4) is 0 Å². The molecule has 0 bridgehead atoms. The highest BCUT2D eigenvalue weighted by Gasteiger charge is 2.18. The van der Waals surface area contributed by atoms with E-state index in [4.69, 9.17) is 11.6 Å². The van der Waals surface area contributed by atoms with Crippen molar-refractivity contribution >= 4 is 34.2 Å². The number of nitrogens with one attached hydrogen (secondary N) is 1. The first-order valence-electron chi connectivity index (χ1n) is 8.95. The lowest BCUT2D eigenvalue weighted by molar-refractivity contribution is 0.220. The van der Waals surface area contributed by atoms with Gasteiger partial charge in [-0.05, 0) is 54.1 Å². The molecule has 0 saturated carbocycles. The first-order valence-corrected chi connectivity index (χ1v) is 9.33. The van der Waals surface area contributed by atoms with Crippen molar-refractivity contribution in [2.45, 2.75) is 25.9 Å². The number of aromatic nitrogens is 1. The summed E-state index contributed by atoms with van der Waals surface area (Å²) in [6.45, 7) is 0.972. The van der Waals surface area contributed by atoms with Crippen LogP contribution >= 0.6 is 11.6 Å². The lowest BCUT2D eigenvalue weighted by Gasteiger charge is -2.22. The predicted molar refractivity (Wildman–Crippen MR) is 108 cm³/mol. The number of carbonyl (C=O) groups is 1. The zero-order valence-electron chi connectivity index (χ0n) is 15.0. The van der Waals surface area contributed by atoms with Gasteiger partial charge in [0, 0.05) is 29.9 Å². The molecule has 1 aromatic heterocycles. The molecule has 5 nitrogen and oxygen atoms in total. The first kappa shape index (κ1) is 17.6. The molecule has 138 valence electrons. The molecular weight excluding hydrogens is 362 g/mol. The Kier molecular flexibility index (Phi) is 4.62. The van der Waals surface area contributed by atoms with E-state index in [9.17, 15) is 9.59 Å². The number of carbonyl (C=O) groups excluding carboxylic acids is 1. The maximum absolute atomic E-state index is 12.9. The number of halogens is 1. The van der Waals surface area contributed by atoms with E-state index in [0.717, 1.165) is 30.3 Å². The lowest BCUT2D eigenvalue weighted by Crippen LogP contribution is -2.35. The first-order chi connectivity index (χ1) is 13.0. The largest absolute Gasteiger partial charge is 0.323 e. The van der Waals surface area contributed by atoms with Gasteiger partial charge in [-0.3, -0.25) is 4.79 Å². The van der Waals surface area contributed by atoms with Crippen LogP contribution in [0.15, 0.2) is 53.3 Å². The number of pyridine rings is 1. The van der Waals surface area contributed by atoms with Crippen molar-refractivity contribution in [3.63, 3.8) is 0 Å². The van der Waals surface area contributed by atoms with Crippen LogP contribution in [0.1, 0.15) is 17.5 Å². The lowest BCUT2D eigenvalue weighted by atomic mass is 10.00. The molecule has 1 aliphatic rings. The van der Waals surface area contributed by atoms with Gasteiger partial charge in [0.15, 0.2) is 0 Å². The summed E-state index contributed by atoms with van der Waals surface area (Å²) in [7, 11) is 1.68. The van der Waals surface area contributed by atoms with Crippen LogP contribution in [-0.4, -0.2) is 22.5 Å². The van der Waals surface area contributed by atoms with E-state index in [1.54, 1.807) is 31.3 Å². The molecule has 6 heteroatoms. The quantitative estimate of drug-likeness (QED) is 0.736. The average Bonchev–Trinajstić information content (AvgIpc) is 2.67. The van der Waals surface area contributed by atoms with Gasteiger partial charge >= 0.3 is 6.03 Å². The van der Waals surface area contributed by atoms with Gasteiger partial charge in [0.2, 0.25) is 0 Å². The zero-order valence-corrected chi connectivity index (χ0v) is 15.8. The minimum atomic E-state index is -0.274. The molecule has 2 amide bonds. The monoisotopic (exact) mass is 381 g/mol. The molecule has 0 spiro atoms. The van der Waals surface area contributed by atoms with Gasteiger partial charge in [-0.1, -0.05) is 29.8 Å². The molecule has 1 N–H and O–H groups in total. The smallest absolute Gasteiger partial charge is 0.321 e. The van der Waals surface area contributed by atoms with Crippen molar-refractivity contribution in [1.82, 2.24) is 9.47 Å². The number of hydrogen-bond donors (Lipinski definition) is 1. The number of hydrogen-bond acceptors (Lipinski definition) is 2. The summed E-state index contributed by atoms with van der Waals surface area (Å²) in [5, 5.41) is 4.47. The Morgan fingerprint density at radius 1 is 1.22 bits per heavy atom. The van der Waals surface area contributed by atoms with E-state index in [2.05, 4.69) is 11.4 Å². The standard InChI is InChI=1S/C21H20ClN3O2/c1-24(21(27)23-18-9-7-17(22)8-10-18)13-16-12-15-5-2-4-14-6-3-11-25(19(14)15)20(16)26/h2,4-5,7-10,12H,3,6,11,13H2,1H3,(H,23,27). The maximum atomic E-state index is 12.9. The van der Waals surface area contributed by atoms with Crippen molar-refractivity contribution in [2.75, 3.05) is 12.4 Å². The van der Waals surface area contributed by atoms with E-state index in [1.807, 2.05) is 22.8 Å². The van der Waals surface area contributed by atoms with Gasteiger partial charge in [0.25, 0.3) is 5.56 Å². The number of benzene rings is 2. The fraction of sp³-hybridized carbons (Fsp3) is 0.238. The van der Waals surface area contributed by atoms with Gasteiger partial charge in [-0.2, -0.15) is 0 Å². The van der Waals surface area contributed by atoms with E-state index in [1.165, 1.54) is 10.5 Å². The number of rotatable bonds is 3. The molecule has 2 heterocycles. The second-order valence-electron chi connectivity index (χ2n) is 6.88.